The quantitative estimate of drug-likeness (QED) is 0.105. The Bertz CT molecular complexity index is 460. The van der Waals surface area contributed by atoms with Gasteiger partial charge in [-0.25, -0.2) is 0 Å². The standard InChI is InChI=1S/C27H49ClN/c1-2-3-4-5-6-7-8-9-10-11-12-13-14-15-16-17-18-19-20-22-25-29-26-23-21-24-27(29)28/h21,23-24,26H,2-20,22,25H2,1H3/q+1. The fourth-order valence-electron chi connectivity index (χ4n) is 4.17. The van der Waals surface area contributed by atoms with E-state index in [4.69, 9.17) is 11.6 Å². The van der Waals surface area contributed by atoms with Crippen LogP contribution in [0.25, 0.3) is 0 Å². The number of aryl methyl sites for hydroxylation is 1. The van der Waals surface area contributed by atoms with Gasteiger partial charge in [0.25, 0.3) is 5.15 Å². The molecular weight excluding hydrogens is 374 g/mol. The summed E-state index contributed by atoms with van der Waals surface area (Å²) in [4.78, 5) is 0. The highest BCUT2D eigenvalue weighted by molar-refractivity contribution is 6.28. The molecule has 0 radical (unpaired) electrons. The monoisotopic (exact) mass is 422 g/mol. The van der Waals surface area contributed by atoms with E-state index < -0.39 is 0 Å². The van der Waals surface area contributed by atoms with Crippen LogP contribution in [0.15, 0.2) is 24.4 Å². The highest BCUT2D eigenvalue weighted by atomic mass is 35.5. The lowest BCUT2D eigenvalue weighted by Gasteiger charge is -2.04. The smallest absolute Gasteiger partial charge is 0.189 e. The van der Waals surface area contributed by atoms with E-state index in [0.29, 0.717) is 0 Å². The van der Waals surface area contributed by atoms with Gasteiger partial charge in [0.15, 0.2) is 6.20 Å². The third-order valence-corrected chi connectivity index (χ3v) is 6.48. The number of nitrogens with zero attached hydrogens (tertiary/aromatic N) is 1. The van der Waals surface area contributed by atoms with Crippen LogP contribution in [0.3, 0.4) is 0 Å². The van der Waals surface area contributed by atoms with Crippen LogP contribution >= 0.6 is 11.6 Å². The first-order valence-corrected chi connectivity index (χ1v) is 13.4. The van der Waals surface area contributed by atoms with Gasteiger partial charge < -0.3 is 0 Å². The van der Waals surface area contributed by atoms with Crippen molar-refractivity contribution in [2.24, 2.45) is 0 Å². The number of rotatable bonds is 21. The average Bonchev–Trinajstić information content (AvgIpc) is 2.73. The molecule has 29 heavy (non-hydrogen) atoms. The summed E-state index contributed by atoms with van der Waals surface area (Å²) in [5.41, 5.74) is 0. The molecule has 2 heteroatoms. The van der Waals surface area contributed by atoms with Crippen LogP contribution < -0.4 is 4.57 Å². The van der Waals surface area contributed by atoms with Crippen molar-refractivity contribution in [2.45, 2.75) is 142 Å². The van der Waals surface area contributed by atoms with Crippen molar-refractivity contribution >= 4 is 11.6 Å². The number of halogens is 1. The van der Waals surface area contributed by atoms with E-state index in [2.05, 4.69) is 23.8 Å². The molecule has 0 fully saturated rings. The van der Waals surface area contributed by atoms with Crippen molar-refractivity contribution in [1.82, 2.24) is 0 Å². The molecule has 0 aromatic carbocycles. The SMILES string of the molecule is CCCCCCCCCCCCCCCCCCCCCC[n+]1ccccc1Cl. The summed E-state index contributed by atoms with van der Waals surface area (Å²) in [6.45, 7) is 3.35. The lowest BCUT2D eigenvalue weighted by molar-refractivity contribution is -0.695. The average molecular weight is 423 g/mol. The van der Waals surface area contributed by atoms with E-state index in [9.17, 15) is 0 Å². The van der Waals surface area contributed by atoms with Gasteiger partial charge in [0, 0.05) is 18.6 Å². The Kier molecular flexibility index (Phi) is 18.9. The lowest BCUT2D eigenvalue weighted by atomic mass is 10.0. The number of aromatic nitrogens is 1. The van der Waals surface area contributed by atoms with E-state index in [1.54, 1.807) is 0 Å². The molecule has 1 heterocycles. The molecule has 1 nitrogen and oxygen atoms in total. The molecule has 0 saturated heterocycles. The number of pyridine rings is 1. The van der Waals surface area contributed by atoms with Gasteiger partial charge >= 0.3 is 0 Å². The van der Waals surface area contributed by atoms with Crippen LogP contribution in [0.4, 0.5) is 0 Å². The second kappa shape index (κ2) is 20.7. The predicted molar refractivity (Wildman–Crippen MR) is 130 cm³/mol. The minimum Gasteiger partial charge on any atom is -0.189 e. The van der Waals surface area contributed by atoms with E-state index in [0.717, 1.165) is 11.7 Å². The first-order chi connectivity index (χ1) is 14.3. The Morgan fingerprint density at radius 2 is 0.931 bits per heavy atom. The molecule has 1 aromatic rings. The summed E-state index contributed by atoms with van der Waals surface area (Å²) in [7, 11) is 0. The summed E-state index contributed by atoms with van der Waals surface area (Å²) in [5, 5.41) is 0.852. The van der Waals surface area contributed by atoms with Crippen molar-refractivity contribution in [3.8, 4) is 0 Å². The molecule has 0 aliphatic carbocycles. The third-order valence-electron chi connectivity index (χ3n) is 6.14. The van der Waals surface area contributed by atoms with Gasteiger partial charge in [-0.1, -0.05) is 122 Å². The maximum atomic E-state index is 6.18. The molecule has 1 aromatic heterocycles. The molecule has 1 rings (SSSR count). The van der Waals surface area contributed by atoms with Gasteiger partial charge in [-0.3, -0.25) is 0 Å². The van der Waals surface area contributed by atoms with Crippen LogP contribution in [-0.2, 0) is 6.54 Å². The van der Waals surface area contributed by atoms with Gasteiger partial charge in [-0.05, 0) is 24.1 Å². The minimum absolute atomic E-state index is 0.852. The van der Waals surface area contributed by atoms with Crippen LogP contribution in [0.2, 0.25) is 5.15 Å². The van der Waals surface area contributed by atoms with Gasteiger partial charge in [0.2, 0.25) is 0 Å². The van der Waals surface area contributed by atoms with Gasteiger partial charge in [0.05, 0.1) is 0 Å². The summed E-state index contributed by atoms with van der Waals surface area (Å²) in [6.07, 6.45) is 30.7. The van der Waals surface area contributed by atoms with E-state index in [1.807, 2.05) is 12.1 Å². The normalized spacial score (nSPS) is 11.2. The van der Waals surface area contributed by atoms with Crippen LogP contribution in [0.5, 0.6) is 0 Å². The van der Waals surface area contributed by atoms with Crippen molar-refractivity contribution in [1.29, 1.82) is 0 Å². The number of hydrogen-bond acceptors (Lipinski definition) is 0. The van der Waals surface area contributed by atoms with Gasteiger partial charge in [0.1, 0.15) is 6.54 Å². The highest BCUT2D eigenvalue weighted by Crippen LogP contribution is 2.14. The van der Waals surface area contributed by atoms with Crippen molar-refractivity contribution < 1.29 is 4.57 Å². The second-order valence-electron chi connectivity index (χ2n) is 8.93. The Morgan fingerprint density at radius 1 is 0.552 bits per heavy atom. The maximum Gasteiger partial charge on any atom is 0.274 e. The fourth-order valence-corrected chi connectivity index (χ4v) is 4.39. The summed E-state index contributed by atoms with van der Waals surface area (Å²) >= 11 is 6.18. The topological polar surface area (TPSA) is 3.88 Å². The van der Waals surface area contributed by atoms with Crippen LogP contribution in [0.1, 0.15) is 135 Å². The molecule has 0 amide bonds. The van der Waals surface area contributed by atoms with Crippen molar-refractivity contribution in [3.05, 3.63) is 29.5 Å². The Hall–Kier alpha value is -0.560. The zero-order chi connectivity index (χ0) is 20.8. The predicted octanol–water partition coefficient (Wildman–Crippen LogP) is 9.45. The van der Waals surface area contributed by atoms with Crippen LogP contribution in [0, 0.1) is 0 Å². The summed E-state index contributed by atoms with van der Waals surface area (Å²) in [6, 6.07) is 6.02. The lowest BCUT2D eigenvalue weighted by Crippen LogP contribution is -2.34. The maximum absolute atomic E-state index is 6.18. The van der Waals surface area contributed by atoms with E-state index in [1.165, 1.54) is 128 Å². The first-order valence-electron chi connectivity index (χ1n) is 13.0. The Labute approximate surface area is 187 Å². The molecule has 0 spiro atoms. The Morgan fingerprint density at radius 3 is 1.31 bits per heavy atom. The highest BCUT2D eigenvalue weighted by Gasteiger charge is 2.05. The number of unbranched alkanes of at least 4 members (excludes halogenated alkanes) is 19. The summed E-state index contributed by atoms with van der Waals surface area (Å²) in [5.74, 6) is 0. The zero-order valence-electron chi connectivity index (χ0n) is 19.5. The molecule has 0 bridgehead atoms. The Balaban J connectivity index is 1.70. The molecule has 0 aliphatic rings. The minimum atomic E-state index is 0.852. The molecule has 0 aliphatic heterocycles. The van der Waals surface area contributed by atoms with E-state index >= 15 is 0 Å². The van der Waals surface area contributed by atoms with Gasteiger partial charge in [-0.15, -0.1) is 0 Å². The molecular formula is C27H49ClN+. The largest absolute Gasteiger partial charge is 0.274 e. The molecule has 0 N–H and O–H groups in total. The fraction of sp³-hybridized carbons (Fsp3) is 0.815. The van der Waals surface area contributed by atoms with Gasteiger partial charge in [-0.2, -0.15) is 4.57 Å². The number of hydrogen-bond donors (Lipinski definition) is 0. The second-order valence-corrected chi connectivity index (χ2v) is 9.32. The summed E-state index contributed by atoms with van der Waals surface area (Å²) < 4.78 is 2.15. The molecule has 168 valence electrons. The first kappa shape index (κ1) is 26.5. The molecule has 0 saturated carbocycles. The van der Waals surface area contributed by atoms with Crippen molar-refractivity contribution in [2.75, 3.05) is 0 Å². The molecule has 0 atom stereocenters. The van der Waals surface area contributed by atoms with Crippen LogP contribution in [-0.4, -0.2) is 0 Å². The zero-order valence-corrected chi connectivity index (χ0v) is 20.2. The third kappa shape index (κ3) is 16.9. The van der Waals surface area contributed by atoms with Crippen molar-refractivity contribution in [3.63, 3.8) is 0 Å². The molecule has 0 unspecified atom stereocenters. The van der Waals surface area contributed by atoms with E-state index in [-0.39, 0.29) is 0 Å².